The van der Waals surface area contributed by atoms with Gasteiger partial charge < -0.3 is 5.32 Å². The zero-order valence-electron chi connectivity index (χ0n) is 10.7. The third-order valence-electron chi connectivity index (χ3n) is 2.23. The molecule has 1 amide bonds. The molecule has 1 aromatic heterocycles. The van der Waals surface area contributed by atoms with Gasteiger partial charge in [0, 0.05) is 12.7 Å². The van der Waals surface area contributed by atoms with E-state index in [1.165, 1.54) is 0 Å². The standard InChI is InChI=1S/C14H20N2O/c1-4-8-16-14(17)13-10-12(7-9-15-13)6-5-11(2)3/h5-7,9-11H,4,8H2,1-3H3,(H,16,17)/b6-5+. The van der Waals surface area contributed by atoms with Gasteiger partial charge in [-0.05, 0) is 30.0 Å². The van der Waals surface area contributed by atoms with Crippen molar-refractivity contribution < 1.29 is 4.79 Å². The summed E-state index contributed by atoms with van der Waals surface area (Å²) in [5.41, 5.74) is 1.49. The fourth-order valence-electron chi connectivity index (χ4n) is 1.31. The fourth-order valence-corrected chi connectivity index (χ4v) is 1.31. The van der Waals surface area contributed by atoms with Gasteiger partial charge in [-0.15, -0.1) is 0 Å². The molecule has 1 aromatic rings. The van der Waals surface area contributed by atoms with Gasteiger partial charge in [-0.1, -0.05) is 32.9 Å². The first-order valence-corrected chi connectivity index (χ1v) is 6.06. The highest BCUT2D eigenvalue weighted by molar-refractivity contribution is 5.92. The van der Waals surface area contributed by atoms with E-state index >= 15 is 0 Å². The van der Waals surface area contributed by atoms with Crippen LogP contribution in [0.5, 0.6) is 0 Å². The number of allylic oxidation sites excluding steroid dienone is 1. The molecule has 1 rings (SSSR count). The number of carbonyl (C=O) groups excluding carboxylic acids is 1. The molecule has 0 aliphatic carbocycles. The quantitative estimate of drug-likeness (QED) is 0.848. The van der Waals surface area contributed by atoms with Crippen molar-refractivity contribution in [3.8, 4) is 0 Å². The molecule has 0 unspecified atom stereocenters. The summed E-state index contributed by atoms with van der Waals surface area (Å²) in [4.78, 5) is 15.8. The number of hydrogen-bond acceptors (Lipinski definition) is 2. The van der Waals surface area contributed by atoms with Gasteiger partial charge in [0.2, 0.25) is 0 Å². The van der Waals surface area contributed by atoms with Crippen LogP contribution < -0.4 is 5.32 Å². The highest BCUT2D eigenvalue weighted by Crippen LogP contribution is 2.06. The summed E-state index contributed by atoms with van der Waals surface area (Å²) >= 11 is 0. The van der Waals surface area contributed by atoms with Crippen LogP contribution in [0, 0.1) is 5.92 Å². The minimum Gasteiger partial charge on any atom is -0.351 e. The molecule has 0 atom stereocenters. The molecule has 3 nitrogen and oxygen atoms in total. The molecule has 0 saturated carbocycles. The van der Waals surface area contributed by atoms with Crippen LogP contribution in [-0.2, 0) is 0 Å². The van der Waals surface area contributed by atoms with E-state index in [1.54, 1.807) is 6.20 Å². The Kier molecular flexibility index (Phi) is 5.40. The molecule has 0 spiro atoms. The molecule has 0 fully saturated rings. The Morgan fingerprint density at radius 3 is 2.94 bits per heavy atom. The Bertz CT molecular complexity index is 397. The van der Waals surface area contributed by atoms with Crippen molar-refractivity contribution in [2.24, 2.45) is 5.92 Å². The minimum absolute atomic E-state index is 0.105. The number of carbonyl (C=O) groups is 1. The molecule has 0 saturated heterocycles. The van der Waals surface area contributed by atoms with Crippen LogP contribution in [0.3, 0.4) is 0 Å². The van der Waals surface area contributed by atoms with Gasteiger partial charge >= 0.3 is 0 Å². The van der Waals surface area contributed by atoms with E-state index in [2.05, 4.69) is 30.2 Å². The van der Waals surface area contributed by atoms with Crippen molar-refractivity contribution in [3.63, 3.8) is 0 Å². The maximum Gasteiger partial charge on any atom is 0.269 e. The Hall–Kier alpha value is -1.64. The maximum absolute atomic E-state index is 11.7. The Morgan fingerprint density at radius 1 is 1.53 bits per heavy atom. The van der Waals surface area contributed by atoms with E-state index in [0.717, 1.165) is 12.0 Å². The Morgan fingerprint density at radius 2 is 2.29 bits per heavy atom. The smallest absolute Gasteiger partial charge is 0.269 e. The molecule has 0 aliphatic heterocycles. The number of rotatable bonds is 5. The van der Waals surface area contributed by atoms with Crippen LogP contribution >= 0.6 is 0 Å². The van der Waals surface area contributed by atoms with Crippen LogP contribution in [0.25, 0.3) is 6.08 Å². The van der Waals surface area contributed by atoms with Crippen LogP contribution in [0.15, 0.2) is 24.4 Å². The van der Waals surface area contributed by atoms with Gasteiger partial charge in [-0.25, -0.2) is 0 Å². The fraction of sp³-hybridized carbons (Fsp3) is 0.429. The molecule has 1 N–H and O–H groups in total. The molecule has 3 heteroatoms. The van der Waals surface area contributed by atoms with Crippen molar-refractivity contribution in [1.29, 1.82) is 0 Å². The van der Waals surface area contributed by atoms with Gasteiger partial charge in [0.1, 0.15) is 5.69 Å². The molecule has 1 heterocycles. The molecule has 0 radical (unpaired) electrons. The summed E-state index contributed by atoms with van der Waals surface area (Å²) < 4.78 is 0. The Labute approximate surface area is 103 Å². The lowest BCUT2D eigenvalue weighted by atomic mass is 10.1. The second kappa shape index (κ2) is 6.84. The summed E-state index contributed by atoms with van der Waals surface area (Å²) in [6.45, 7) is 6.95. The maximum atomic E-state index is 11.7. The van der Waals surface area contributed by atoms with Gasteiger partial charge in [0.25, 0.3) is 5.91 Å². The monoisotopic (exact) mass is 232 g/mol. The largest absolute Gasteiger partial charge is 0.351 e. The van der Waals surface area contributed by atoms with E-state index in [1.807, 2.05) is 25.1 Å². The van der Waals surface area contributed by atoms with Crippen molar-refractivity contribution >= 4 is 12.0 Å². The van der Waals surface area contributed by atoms with E-state index < -0.39 is 0 Å². The topological polar surface area (TPSA) is 42.0 Å². The number of hydrogen-bond donors (Lipinski definition) is 1. The molecule has 0 bridgehead atoms. The zero-order valence-corrected chi connectivity index (χ0v) is 10.7. The zero-order chi connectivity index (χ0) is 12.7. The highest BCUT2D eigenvalue weighted by Gasteiger charge is 2.05. The average molecular weight is 232 g/mol. The highest BCUT2D eigenvalue weighted by atomic mass is 16.1. The van der Waals surface area contributed by atoms with Crippen molar-refractivity contribution in [2.75, 3.05) is 6.54 Å². The second-order valence-electron chi connectivity index (χ2n) is 4.33. The van der Waals surface area contributed by atoms with Gasteiger partial charge in [0.05, 0.1) is 0 Å². The molecular formula is C14H20N2O. The summed E-state index contributed by atoms with van der Waals surface area (Å²) in [7, 11) is 0. The first-order chi connectivity index (χ1) is 8.13. The van der Waals surface area contributed by atoms with E-state index in [-0.39, 0.29) is 5.91 Å². The van der Waals surface area contributed by atoms with Gasteiger partial charge in [-0.3, -0.25) is 9.78 Å². The Balaban J connectivity index is 2.75. The van der Waals surface area contributed by atoms with Crippen molar-refractivity contribution in [2.45, 2.75) is 27.2 Å². The molecular weight excluding hydrogens is 212 g/mol. The van der Waals surface area contributed by atoms with E-state index in [4.69, 9.17) is 0 Å². The third kappa shape index (κ3) is 4.81. The SMILES string of the molecule is CCCNC(=O)c1cc(/C=C/C(C)C)ccn1. The second-order valence-corrected chi connectivity index (χ2v) is 4.33. The normalized spacial score (nSPS) is 11.1. The predicted molar refractivity (Wildman–Crippen MR) is 70.7 cm³/mol. The average Bonchev–Trinajstić information content (AvgIpc) is 2.33. The van der Waals surface area contributed by atoms with Gasteiger partial charge in [0.15, 0.2) is 0 Å². The number of aromatic nitrogens is 1. The number of nitrogens with one attached hydrogen (secondary N) is 1. The number of nitrogens with zero attached hydrogens (tertiary/aromatic N) is 1. The van der Waals surface area contributed by atoms with Crippen LogP contribution in [0.4, 0.5) is 0 Å². The first kappa shape index (κ1) is 13.4. The van der Waals surface area contributed by atoms with Crippen LogP contribution in [0.2, 0.25) is 0 Å². The minimum atomic E-state index is -0.105. The molecule has 0 aliphatic rings. The van der Waals surface area contributed by atoms with Crippen molar-refractivity contribution in [1.82, 2.24) is 10.3 Å². The summed E-state index contributed by atoms with van der Waals surface area (Å²) in [6, 6.07) is 3.71. The van der Waals surface area contributed by atoms with E-state index in [9.17, 15) is 4.79 Å². The number of amides is 1. The number of pyridine rings is 1. The lowest BCUT2D eigenvalue weighted by Crippen LogP contribution is -2.24. The van der Waals surface area contributed by atoms with Crippen molar-refractivity contribution in [3.05, 3.63) is 35.7 Å². The predicted octanol–water partition coefficient (Wildman–Crippen LogP) is 2.89. The molecule has 92 valence electrons. The summed E-state index contributed by atoms with van der Waals surface area (Å²) in [5, 5.41) is 2.82. The lowest BCUT2D eigenvalue weighted by Gasteiger charge is -2.03. The summed E-state index contributed by atoms with van der Waals surface area (Å²) in [6.07, 6.45) is 6.71. The van der Waals surface area contributed by atoms with Gasteiger partial charge in [-0.2, -0.15) is 0 Å². The summed E-state index contributed by atoms with van der Waals surface area (Å²) in [5.74, 6) is 0.396. The third-order valence-corrected chi connectivity index (χ3v) is 2.23. The lowest BCUT2D eigenvalue weighted by molar-refractivity contribution is 0.0948. The first-order valence-electron chi connectivity index (χ1n) is 6.06. The van der Waals surface area contributed by atoms with Crippen LogP contribution in [-0.4, -0.2) is 17.4 Å². The van der Waals surface area contributed by atoms with Crippen LogP contribution in [0.1, 0.15) is 43.2 Å². The molecule has 17 heavy (non-hydrogen) atoms. The molecule has 0 aromatic carbocycles. The van der Waals surface area contributed by atoms with E-state index in [0.29, 0.717) is 18.2 Å².